The first-order valence-electron chi connectivity index (χ1n) is 11.9. The summed E-state index contributed by atoms with van der Waals surface area (Å²) >= 11 is 0. The maximum absolute atomic E-state index is 11.8. The number of carbonyl (C=O) groups is 3. The number of rotatable bonds is 10. The van der Waals surface area contributed by atoms with E-state index in [1.165, 1.54) is 32.3 Å². The Hall–Kier alpha value is -3.11. The molecule has 9 N–H and O–H groups in total. The Morgan fingerprint density at radius 3 is 2.24 bits per heavy atom. The zero-order valence-corrected chi connectivity index (χ0v) is 20.8. The van der Waals surface area contributed by atoms with Crippen molar-refractivity contribution in [3.63, 3.8) is 0 Å². The lowest BCUT2D eigenvalue weighted by atomic mass is 9.87. The molecule has 13 nitrogen and oxygen atoms in total. The van der Waals surface area contributed by atoms with Crippen molar-refractivity contribution < 1.29 is 57.5 Å². The highest BCUT2D eigenvalue weighted by molar-refractivity contribution is 5.85. The Bertz CT molecular complexity index is 859. The third-order valence-electron chi connectivity index (χ3n) is 5.88. The highest BCUT2D eigenvalue weighted by Crippen LogP contribution is 2.29. The molecule has 0 aromatic rings. The molecule has 1 fully saturated rings. The monoisotopic (exact) mass is 556 g/mol. The first-order valence-corrected chi connectivity index (χ1v) is 11.9. The minimum atomic E-state index is -5.08. The molecule has 0 bridgehead atoms. The number of nitrogens with two attached hydrogens (primary N) is 2. The molecule has 1 heterocycles. The number of aliphatic carboxylic acids is 2. The van der Waals surface area contributed by atoms with Gasteiger partial charge in [-0.05, 0) is 18.4 Å². The van der Waals surface area contributed by atoms with E-state index in [0.717, 1.165) is 19.3 Å². The van der Waals surface area contributed by atoms with Gasteiger partial charge in [0.15, 0.2) is 12.1 Å². The van der Waals surface area contributed by atoms with Crippen LogP contribution in [0.4, 0.5) is 13.2 Å². The van der Waals surface area contributed by atoms with Crippen LogP contribution in [0.25, 0.3) is 0 Å². The van der Waals surface area contributed by atoms with Crippen molar-refractivity contribution in [3.05, 3.63) is 11.8 Å². The number of aliphatic hydroxyl groups excluding tert-OH is 2. The highest BCUT2D eigenvalue weighted by atomic mass is 19.4. The molecule has 0 aromatic carbocycles. The Balaban J connectivity index is 0.000000905. The molecule has 1 amide bonds. The average Bonchev–Trinajstić information content (AvgIpc) is 2.82. The Morgan fingerprint density at radius 2 is 1.79 bits per heavy atom. The Labute approximate surface area is 216 Å². The van der Waals surface area contributed by atoms with Crippen molar-refractivity contribution in [2.45, 2.75) is 82.0 Å². The summed E-state index contributed by atoms with van der Waals surface area (Å²) in [6.07, 6.45) is -0.962. The largest absolute Gasteiger partial charge is 0.490 e. The zero-order chi connectivity index (χ0) is 29.0. The van der Waals surface area contributed by atoms with Crippen molar-refractivity contribution in [2.24, 2.45) is 22.4 Å². The third-order valence-corrected chi connectivity index (χ3v) is 5.88. The zero-order valence-electron chi connectivity index (χ0n) is 20.8. The van der Waals surface area contributed by atoms with Crippen molar-refractivity contribution >= 4 is 23.8 Å². The molecule has 1 aliphatic heterocycles. The van der Waals surface area contributed by atoms with Crippen molar-refractivity contribution in [2.75, 3.05) is 13.2 Å². The lowest BCUT2D eigenvalue weighted by molar-refractivity contribution is -0.192. The minimum absolute atomic E-state index is 0.290. The van der Waals surface area contributed by atoms with Crippen molar-refractivity contribution in [1.82, 2.24) is 5.32 Å². The Morgan fingerprint density at radius 1 is 1.21 bits per heavy atom. The molecule has 0 unspecified atom stereocenters. The van der Waals surface area contributed by atoms with Crippen molar-refractivity contribution in [3.8, 4) is 0 Å². The van der Waals surface area contributed by atoms with Gasteiger partial charge < -0.3 is 46.7 Å². The van der Waals surface area contributed by atoms with Gasteiger partial charge in [0.1, 0.15) is 12.2 Å². The van der Waals surface area contributed by atoms with E-state index in [1.54, 1.807) is 0 Å². The van der Waals surface area contributed by atoms with Crippen LogP contribution < -0.4 is 16.8 Å². The topological polar surface area (TPSA) is 227 Å². The molecule has 0 aromatic heterocycles. The average molecular weight is 557 g/mol. The number of ether oxygens (including phenoxy) is 2. The minimum Gasteiger partial charge on any atom is -0.478 e. The van der Waals surface area contributed by atoms with E-state index in [0.29, 0.717) is 5.92 Å². The predicted octanol–water partition coefficient (Wildman–Crippen LogP) is -0.157. The van der Waals surface area contributed by atoms with Crippen LogP contribution in [-0.2, 0) is 23.9 Å². The summed E-state index contributed by atoms with van der Waals surface area (Å²) in [6, 6.07) is -1.89. The number of aliphatic hydroxyl groups is 2. The van der Waals surface area contributed by atoms with Gasteiger partial charge in [0.25, 0.3) is 0 Å². The molecule has 218 valence electrons. The fourth-order valence-corrected chi connectivity index (χ4v) is 4.17. The molecule has 16 heteroatoms. The van der Waals surface area contributed by atoms with Crippen LogP contribution >= 0.6 is 0 Å². The van der Waals surface area contributed by atoms with Crippen LogP contribution in [-0.4, -0.2) is 94.0 Å². The molecule has 5 atom stereocenters. The molecule has 2 aliphatic rings. The SMILES string of the molecule is CC(=O)N[C@H]1[C@H]([C@H](OCCC2CCCCC2)[C@H](O)CO)OC(C(=O)O)=C[C@@H]1N=C(N)N.O=C(O)C(F)(F)F. The molecule has 1 saturated carbocycles. The third kappa shape index (κ3) is 11.1. The first kappa shape index (κ1) is 32.9. The maximum Gasteiger partial charge on any atom is 0.490 e. The number of hydrogen-bond acceptors (Lipinski definition) is 8. The highest BCUT2D eigenvalue weighted by Gasteiger charge is 2.45. The van der Waals surface area contributed by atoms with Crippen LogP contribution in [0.3, 0.4) is 0 Å². The number of alkyl halides is 3. The van der Waals surface area contributed by atoms with Gasteiger partial charge in [0, 0.05) is 13.5 Å². The number of amides is 1. The van der Waals surface area contributed by atoms with E-state index in [-0.39, 0.29) is 12.6 Å². The quantitative estimate of drug-likeness (QED) is 0.138. The fourth-order valence-electron chi connectivity index (χ4n) is 4.17. The maximum atomic E-state index is 11.8. The van der Waals surface area contributed by atoms with Gasteiger partial charge in [-0.15, -0.1) is 0 Å². The molecule has 1 aliphatic carbocycles. The van der Waals surface area contributed by atoms with Gasteiger partial charge in [0.05, 0.1) is 18.7 Å². The molecule has 0 spiro atoms. The number of carbonyl (C=O) groups excluding carboxylic acids is 1. The second kappa shape index (κ2) is 15.3. The second-order valence-corrected chi connectivity index (χ2v) is 8.87. The summed E-state index contributed by atoms with van der Waals surface area (Å²) in [7, 11) is 0. The molecule has 0 radical (unpaired) electrons. The summed E-state index contributed by atoms with van der Waals surface area (Å²) in [5, 5.41) is 39.2. The normalized spacial score (nSPS) is 23.4. The number of guanidine groups is 1. The van der Waals surface area contributed by atoms with Crippen LogP contribution in [0.15, 0.2) is 16.8 Å². The van der Waals surface area contributed by atoms with Gasteiger partial charge in [-0.25, -0.2) is 14.6 Å². The van der Waals surface area contributed by atoms with E-state index in [2.05, 4.69) is 10.3 Å². The summed E-state index contributed by atoms with van der Waals surface area (Å²) in [4.78, 5) is 36.3. The van der Waals surface area contributed by atoms with Crippen LogP contribution in [0.2, 0.25) is 0 Å². The number of nitrogens with zero attached hydrogens (tertiary/aromatic N) is 1. The predicted molar refractivity (Wildman–Crippen MR) is 126 cm³/mol. The standard InChI is InChI=1S/C20H34N4O7.C2HF3O2/c1-11(26)23-16-13(24-20(21)22)9-15(19(28)29)31-18(16)17(14(27)10-25)30-8-7-12-5-3-2-4-6-12;3-2(4,5)1(6)7/h9,12-14,16-18,25,27H,2-8,10H2,1H3,(H,23,26)(H,28,29)(H4,21,22,24);(H,6,7)/t13-,14+,16+,17+,18+;/m0./s1. The molecule has 38 heavy (non-hydrogen) atoms. The Kier molecular flexibility index (Phi) is 13.3. The molecular weight excluding hydrogens is 521 g/mol. The second-order valence-electron chi connectivity index (χ2n) is 8.87. The smallest absolute Gasteiger partial charge is 0.478 e. The van der Waals surface area contributed by atoms with Gasteiger partial charge >= 0.3 is 18.1 Å². The number of hydrogen-bond donors (Lipinski definition) is 7. The lowest BCUT2D eigenvalue weighted by Crippen LogP contribution is -2.60. The number of aliphatic imine (C=N–C) groups is 1. The van der Waals surface area contributed by atoms with Gasteiger partial charge in [0.2, 0.25) is 11.7 Å². The van der Waals surface area contributed by atoms with Gasteiger partial charge in [-0.3, -0.25) is 4.79 Å². The fraction of sp³-hybridized carbons (Fsp3) is 0.727. The van der Waals surface area contributed by atoms with Crippen LogP contribution in [0, 0.1) is 5.92 Å². The molecule has 0 saturated heterocycles. The molecular formula is C22H35F3N4O9. The van der Waals surface area contributed by atoms with Gasteiger partial charge in [-0.2, -0.15) is 13.2 Å². The van der Waals surface area contributed by atoms with Crippen molar-refractivity contribution in [1.29, 1.82) is 0 Å². The van der Waals surface area contributed by atoms with E-state index < -0.39 is 66.8 Å². The van der Waals surface area contributed by atoms with E-state index in [9.17, 15) is 38.1 Å². The summed E-state index contributed by atoms with van der Waals surface area (Å²) in [5.74, 6) is -4.77. The number of carboxylic acids is 2. The number of carboxylic acid groups (broad SMARTS) is 2. The van der Waals surface area contributed by atoms with E-state index in [4.69, 9.17) is 30.8 Å². The van der Waals surface area contributed by atoms with E-state index in [1.807, 2.05) is 0 Å². The van der Waals surface area contributed by atoms with Crippen LogP contribution in [0.5, 0.6) is 0 Å². The summed E-state index contributed by atoms with van der Waals surface area (Å²) in [6.45, 7) is 0.930. The number of nitrogens with one attached hydrogen (secondary N) is 1. The lowest BCUT2D eigenvalue weighted by Gasteiger charge is -2.40. The summed E-state index contributed by atoms with van der Waals surface area (Å²) in [5.41, 5.74) is 11.0. The van der Waals surface area contributed by atoms with Crippen LogP contribution in [0.1, 0.15) is 45.4 Å². The first-order chi connectivity index (χ1) is 17.7. The van der Waals surface area contributed by atoms with E-state index >= 15 is 0 Å². The van der Waals surface area contributed by atoms with Gasteiger partial charge in [-0.1, -0.05) is 32.1 Å². The number of halogens is 3. The molecule has 2 rings (SSSR count). The summed E-state index contributed by atoms with van der Waals surface area (Å²) < 4.78 is 43.2.